The topological polar surface area (TPSA) is 72.9 Å². The van der Waals surface area contributed by atoms with Gasteiger partial charge in [0.15, 0.2) is 0 Å². The summed E-state index contributed by atoms with van der Waals surface area (Å²) in [7, 11) is 0. The lowest BCUT2D eigenvalue weighted by Gasteiger charge is -2.30. The lowest BCUT2D eigenvalue weighted by Crippen LogP contribution is -2.39. The summed E-state index contributed by atoms with van der Waals surface area (Å²) in [5, 5.41) is 3.49. The van der Waals surface area contributed by atoms with Crippen molar-refractivity contribution in [2.75, 3.05) is 18.4 Å². The van der Waals surface area contributed by atoms with Crippen LogP contribution in [-0.2, 0) is 18.0 Å². The Kier molecular flexibility index (Phi) is 9.30. The third-order valence-electron chi connectivity index (χ3n) is 6.99. The summed E-state index contributed by atoms with van der Waals surface area (Å²) < 4.78 is 17.7. The molecule has 1 amide bonds. The SMILES string of the molecule is Cc1cc(Nc2ccc(OCc3ccccc3)nc2OCc2ccccc2)ccc1C1=CCN(C(=O)OC(C)(C)C)CC1. The molecule has 1 N–H and O–H groups in total. The van der Waals surface area contributed by atoms with E-state index in [4.69, 9.17) is 19.2 Å². The second kappa shape index (κ2) is 13.5. The third-order valence-corrected chi connectivity index (χ3v) is 6.99. The third kappa shape index (κ3) is 8.38. The van der Waals surface area contributed by atoms with Gasteiger partial charge in [-0.1, -0.05) is 72.8 Å². The number of aromatic nitrogens is 1. The van der Waals surface area contributed by atoms with Gasteiger partial charge in [0.05, 0.1) is 0 Å². The zero-order valence-electron chi connectivity index (χ0n) is 25.3. The van der Waals surface area contributed by atoms with Crippen LogP contribution >= 0.6 is 0 Å². The largest absolute Gasteiger partial charge is 0.473 e. The van der Waals surface area contributed by atoms with E-state index in [-0.39, 0.29) is 6.09 Å². The summed E-state index contributed by atoms with van der Waals surface area (Å²) in [5.74, 6) is 0.960. The molecule has 0 atom stereocenters. The van der Waals surface area contributed by atoms with Crippen molar-refractivity contribution in [2.45, 2.75) is 52.9 Å². The van der Waals surface area contributed by atoms with Gasteiger partial charge in [-0.15, -0.1) is 0 Å². The van der Waals surface area contributed by atoms with Crippen LogP contribution in [0.25, 0.3) is 5.57 Å². The molecule has 0 saturated carbocycles. The van der Waals surface area contributed by atoms with Crippen LogP contribution < -0.4 is 14.8 Å². The smallest absolute Gasteiger partial charge is 0.410 e. The summed E-state index contributed by atoms with van der Waals surface area (Å²) in [6, 6.07) is 30.1. The van der Waals surface area contributed by atoms with E-state index in [0.717, 1.165) is 34.5 Å². The van der Waals surface area contributed by atoms with Crippen molar-refractivity contribution in [1.82, 2.24) is 9.88 Å². The van der Waals surface area contributed by atoms with Gasteiger partial charge in [0, 0.05) is 24.8 Å². The molecule has 0 unspecified atom stereocenters. The van der Waals surface area contributed by atoms with E-state index in [1.54, 1.807) is 4.90 Å². The Bertz CT molecular complexity index is 1560. The van der Waals surface area contributed by atoms with Crippen molar-refractivity contribution in [3.05, 3.63) is 119 Å². The maximum atomic E-state index is 12.5. The average molecular weight is 578 g/mol. The van der Waals surface area contributed by atoms with Gasteiger partial charge in [-0.25, -0.2) is 4.79 Å². The van der Waals surface area contributed by atoms with Crippen molar-refractivity contribution in [3.8, 4) is 11.8 Å². The lowest BCUT2D eigenvalue weighted by molar-refractivity contribution is 0.0270. The van der Waals surface area contributed by atoms with Gasteiger partial charge >= 0.3 is 6.09 Å². The lowest BCUT2D eigenvalue weighted by atomic mass is 9.95. The first-order valence-electron chi connectivity index (χ1n) is 14.6. The molecule has 1 aromatic heterocycles. The second-order valence-electron chi connectivity index (χ2n) is 11.6. The molecule has 0 saturated heterocycles. The molecule has 1 aliphatic rings. The number of hydrogen-bond donors (Lipinski definition) is 1. The number of carbonyl (C=O) groups excluding carboxylic acids is 1. The summed E-state index contributed by atoms with van der Waals surface area (Å²) in [4.78, 5) is 18.9. The normalized spacial score (nSPS) is 13.2. The maximum Gasteiger partial charge on any atom is 0.410 e. The van der Waals surface area contributed by atoms with Crippen LogP contribution in [0.4, 0.5) is 16.2 Å². The first kappa shape index (κ1) is 29.7. The molecule has 0 bridgehead atoms. The zero-order chi connectivity index (χ0) is 30.2. The molecule has 0 aliphatic carbocycles. The van der Waals surface area contributed by atoms with Crippen LogP contribution in [-0.4, -0.2) is 34.7 Å². The van der Waals surface area contributed by atoms with Crippen molar-refractivity contribution >= 4 is 23.0 Å². The van der Waals surface area contributed by atoms with Crippen LogP contribution in [0.3, 0.4) is 0 Å². The fraction of sp³-hybridized carbons (Fsp3) is 0.278. The first-order valence-corrected chi connectivity index (χ1v) is 14.6. The number of pyridine rings is 1. The number of nitrogens with one attached hydrogen (secondary N) is 1. The second-order valence-corrected chi connectivity index (χ2v) is 11.6. The maximum absolute atomic E-state index is 12.5. The van der Waals surface area contributed by atoms with E-state index >= 15 is 0 Å². The van der Waals surface area contributed by atoms with Crippen molar-refractivity contribution in [3.63, 3.8) is 0 Å². The van der Waals surface area contributed by atoms with E-state index in [1.165, 1.54) is 11.1 Å². The quantitative estimate of drug-likeness (QED) is 0.216. The standard InChI is InChI=1S/C36H39N3O4/c1-26-23-30(15-16-31(26)29-19-21-39(22-20-29)35(40)43-36(2,3)4)37-32-17-18-33(41-24-27-11-7-5-8-12-27)38-34(32)42-25-28-13-9-6-10-14-28/h5-19,23,37H,20-22,24-25H2,1-4H3. The van der Waals surface area contributed by atoms with E-state index in [9.17, 15) is 4.79 Å². The number of amides is 1. The number of ether oxygens (including phenoxy) is 3. The highest BCUT2D eigenvalue weighted by atomic mass is 16.6. The van der Waals surface area contributed by atoms with Gasteiger partial charge < -0.3 is 24.4 Å². The van der Waals surface area contributed by atoms with Gasteiger partial charge in [-0.05, 0) is 80.1 Å². The minimum atomic E-state index is -0.502. The molecular formula is C36H39N3O4. The van der Waals surface area contributed by atoms with Gasteiger partial charge in [-0.2, -0.15) is 4.98 Å². The van der Waals surface area contributed by atoms with Crippen LogP contribution in [0.15, 0.2) is 97.1 Å². The molecule has 43 heavy (non-hydrogen) atoms. The number of rotatable bonds is 9. The molecule has 5 rings (SSSR count). The first-order chi connectivity index (χ1) is 20.7. The summed E-state index contributed by atoms with van der Waals surface area (Å²) >= 11 is 0. The number of benzene rings is 3. The molecular weight excluding hydrogens is 538 g/mol. The number of hydrogen-bond acceptors (Lipinski definition) is 6. The Morgan fingerprint density at radius 2 is 1.56 bits per heavy atom. The van der Waals surface area contributed by atoms with Gasteiger partial charge in [-0.3, -0.25) is 0 Å². The minimum absolute atomic E-state index is 0.269. The number of nitrogens with zero attached hydrogens (tertiary/aromatic N) is 2. The van der Waals surface area contributed by atoms with Crippen LogP contribution in [0.5, 0.6) is 11.8 Å². The Morgan fingerprint density at radius 1 is 0.884 bits per heavy atom. The predicted octanol–water partition coefficient (Wildman–Crippen LogP) is 8.32. The fourth-order valence-corrected chi connectivity index (χ4v) is 4.83. The van der Waals surface area contributed by atoms with Crippen molar-refractivity contribution in [1.29, 1.82) is 0 Å². The zero-order valence-corrected chi connectivity index (χ0v) is 25.3. The van der Waals surface area contributed by atoms with E-state index in [0.29, 0.717) is 38.1 Å². The molecule has 7 heteroatoms. The molecule has 0 radical (unpaired) electrons. The molecule has 1 aliphatic heterocycles. The van der Waals surface area contributed by atoms with Crippen molar-refractivity contribution < 1.29 is 19.0 Å². The average Bonchev–Trinajstić information content (AvgIpc) is 3.00. The van der Waals surface area contributed by atoms with Crippen LogP contribution in [0, 0.1) is 6.92 Å². The number of carbonyl (C=O) groups is 1. The summed E-state index contributed by atoms with van der Waals surface area (Å²) in [6.45, 7) is 9.74. The molecule has 2 heterocycles. The summed E-state index contributed by atoms with van der Waals surface area (Å²) in [5.41, 5.74) is 6.85. The Balaban J connectivity index is 1.30. The highest BCUT2D eigenvalue weighted by Gasteiger charge is 2.24. The van der Waals surface area contributed by atoms with Gasteiger partial charge in [0.1, 0.15) is 24.5 Å². The van der Waals surface area contributed by atoms with E-state index < -0.39 is 5.60 Å². The van der Waals surface area contributed by atoms with E-state index in [2.05, 4.69) is 36.5 Å². The molecule has 0 fully saturated rings. The molecule has 0 spiro atoms. The molecule has 222 valence electrons. The highest BCUT2D eigenvalue weighted by Crippen LogP contribution is 2.32. The Morgan fingerprint density at radius 3 is 2.16 bits per heavy atom. The molecule has 3 aromatic carbocycles. The highest BCUT2D eigenvalue weighted by molar-refractivity contribution is 5.75. The number of anilines is 2. The van der Waals surface area contributed by atoms with E-state index in [1.807, 2.05) is 93.6 Å². The summed E-state index contributed by atoms with van der Waals surface area (Å²) in [6.07, 6.45) is 2.63. The predicted molar refractivity (Wildman–Crippen MR) is 171 cm³/mol. The van der Waals surface area contributed by atoms with Gasteiger partial charge in [0.2, 0.25) is 11.8 Å². The number of aryl methyl sites for hydroxylation is 1. The Labute approximate surface area is 254 Å². The Hall–Kier alpha value is -4.78. The minimum Gasteiger partial charge on any atom is -0.473 e. The van der Waals surface area contributed by atoms with Crippen LogP contribution in [0.1, 0.15) is 49.4 Å². The molecule has 4 aromatic rings. The van der Waals surface area contributed by atoms with Crippen LogP contribution in [0.2, 0.25) is 0 Å². The monoisotopic (exact) mass is 577 g/mol. The molecule has 7 nitrogen and oxygen atoms in total. The fourth-order valence-electron chi connectivity index (χ4n) is 4.83. The van der Waals surface area contributed by atoms with Gasteiger partial charge in [0.25, 0.3) is 0 Å². The van der Waals surface area contributed by atoms with Crippen molar-refractivity contribution in [2.24, 2.45) is 0 Å².